The van der Waals surface area contributed by atoms with Gasteiger partial charge in [0, 0.05) is 30.1 Å². The molecule has 0 saturated carbocycles. The summed E-state index contributed by atoms with van der Waals surface area (Å²) >= 11 is 0. The van der Waals surface area contributed by atoms with E-state index in [4.69, 9.17) is 12.3 Å². The summed E-state index contributed by atoms with van der Waals surface area (Å²) in [4.78, 5) is 15.8. The summed E-state index contributed by atoms with van der Waals surface area (Å²) in [5.74, 6) is 0. The molecular formula is C21H18N6O. The number of fused-ring (bicyclic) bond motifs is 1. The number of nitrogens with zero attached hydrogens (tertiary/aromatic N) is 4. The highest BCUT2D eigenvalue weighted by molar-refractivity contribution is 5.93. The van der Waals surface area contributed by atoms with Crippen molar-refractivity contribution in [2.75, 3.05) is 0 Å². The first-order valence-corrected chi connectivity index (χ1v) is 8.75. The number of nitrogens with two attached hydrogens (primary N) is 1. The lowest BCUT2D eigenvalue weighted by Crippen LogP contribution is -2.13. The van der Waals surface area contributed by atoms with Crippen LogP contribution < -0.4 is 11.3 Å². The molecule has 0 fully saturated rings. The van der Waals surface area contributed by atoms with E-state index < -0.39 is 0 Å². The van der Waals surface area contributed by atoms with E-state index in [9.17, 15) is 4.79 Å². The van der Waals surface area contributed by atoms with Crippen molar-refractivity contribution in [3.05, 3.63) is 75.6 Å². The molecule has 4 rings (SSSR count). The Morgan fingerprint density at radius 2 is 2.00 bits per heavy atom. The average Bonchev–Trinajstić information content (AvgIpc) is 3.09. The number of aromatic amines is 1. The van der Waals surface area contributed by atoms with Crippen molar-refractivity contribution in [3.63, 3.8) is 0 Å². The second kappa shape index (κ2) is 6.76. The normalized spacial score (nSPS) is 10.9. The minimum absolute atomic E-state index is 0.219. The van der Waals surface area contributed by atoms with Gasteiger partial charge in [0.2, 0.25) is 0 Å². The molecule has 28 heavy (non-hydrogen) atoms. The number of H-pyrrole nitrogens is 1. The topological polar surface area (TPSA) is 93.9 Å². The number of benzene rings is 2. The summed E-state index contributed by atoms with van der Waals surface area (Å²) in [5, 5.41) is 12.2. The lowest BCUT2D eigenvalue weighted by Gasteiger charge is -2.11. The molecule has 0 saturated heterocycles. The number of hydrogen-bond acceptors (Lipinski definition) is 4. The molecule has 2 aromatic carbocycles. The quantitative estimate of drug-likeness (QED) is 0.541. The standard InChI is InChI=1S/C21H18N6O/c1-12-4-7-18(23-2)16(8-12)20-17(11-24-27(20)3)13-5-6-14-15(9-13)19(10-22)25-26-21(14)28/h4-9,11H,10,22H2,1,3H3,(H,26,28). The predicted octanol–water partition coefficient (Wildman–Crippen LogP) is 3.31. The summed E-state index contributed by atoms with van der Waals surface area (Å²) in [7, 11) is 1.85. The van der Waals surface area contributed by atoms with Crippen LogP contribution in [0, 0.1) is 13.5 Å². The van der Waals surface area contributed by atoms with Crippen LogP contribution in [0.1, 0.15) is 11.3 Å². The zero-order valence-corrected chi connectivity index (χ0v) is 15.5. The fourth-order valence-electron chi connectivity index (χ4n) is 3.45. The zero-order chi connectivity index (χ0) is 19.8. The van der Waals surface area contributed by atoms with Crippen molar-refractivity contribution >= 4 is 16.5 Å². The molecule has 2 aromatic heterocycles. The largest absolute Gasteiger partial charge is 0.325 e. The Kier molecular flexibility index (Phi) is 4.26. The van der Waals surface area contributed by atoms with Gasteiger partial charge in [-0.15, -0.1) is 0 Å². The molecule has 0 spiro atoms. The van der Waals surface area contributed by atoms with Crippen molar-refractivity contribution in [2.24, 2.45) is 12.8 Å². The third-order valence-electron chi connectivity index (χ3n) is 4.84. The van der Waals surface area contributed by atoms with Gasteiger partial charge in [0.1, 0.15) is 0 Å². The van der Waals surface area contributed by atoms with Crippen molar-refractivity contribution in [2.45, 2.75) is 13.5 Å². The Morgan fingerprint density at radius 3 is 2.75 bits per heavy atom. The Bertz CT molecular complexity index is 1310. The van der Waals surface area contributed by atoms with Gasteiger partial charge < -0.3 is 5.73 Å². The molecule has 0 aliphatic heterocycles. The lowest BCUT2D eigenvalue weighted by atomic mass is 9.97. The Balaban J connectivity index is 2.00. The van der Waals surface area contributed by atoms with E-state index >= 15 is 0 Å². The van der Waals surface area contributed by atoms with Crippen LogP contribution in [-0.2, 0) is 13.6 Å². The highest BCUT2D eigenvalue weighted by Crippen LogP contribution is 2.38. The molecule has 7 heteroatoms. The number of nitrogens with one attached hydrogen (secondary N) is 1. The first-order chi connectivity index (χ1) is 13.5. The third kappa shape index (κ3) is 2.76. The van der Waals surface area contributed by atoms with Crippen LogP contribution in [0.4, 0.5) is 5.69 Å². The molecule has 0 radical (unpaired) electrons. The van der Waals surface area contributed by atoms with Crippen LogP contribution >= 0.6 is 0 Å². The minimum atomic E-state index is -0.251. The highest BCUT2D eigenvalue weighted by atomic mass is 16.1. The number of rotatable bonds is 3. The van der Waals surface area contributed by atoms with Crippen LogP contribution in [0.2, 0.25) is 0 Å². The minimum Gasteiger partial charge on any atom is -0.325 e. The second-order valence-electron chi connectivity index (χ2n) is 6.63. The Labute approximate surface area is 161 Å². The maximum absolute atomic E-state index is 12.1. The Hall–Kier alpha value is -3.76. The van der Waals surface area contributed by atoms with Crippen LogP contribution in [0.25, 0.3) is 38.0 Å². The van der Waals surface area contributed by atoms with Crippen LogP contribution in [0.5, 0.6) is 0 Å². The van der Waals surface area contributed by atoms with Crippen LogP contribution in [-0.4, -0.2) is 20.0 Å². The molecule has 0 unspecified atom stereocenters. The molecule has 2 heterocycles. The molecule has 4 aromatic rings. The number of aromatic nitrogens is 4. The van der Waals surface area contributed by atoms with Crippen LogP contribution in [0.15, 0.2) is 47.4 Å². The van der Waals surface area contributed by atoms with Gasteiger partial charge in [0.25, 0.3) is 5.56 Å². The van der Waals surface area contributed by atoms with Gasteiger partial charge in [-0.25, -0.2) is 9.94 Å². The smallest absolute Gasteiger partial charge is 0.272 e. The van der Waals surface area contributed by atoms with Gasteiger partial charge in [0.05, 0.1) is 29.5 Å². The van der Waals surface area contributed by atoms with Gasteiger partial charge in [0.15, 0.2) is 5.69 Å². The fraction of sp³-hybridized carbons (Fsp3) is 0.143. The van der Waals surface area contributed by atoms with Gasteiger partial charge >= 0.3 is 0 Å². The number of hydrogen-bond donors (Lipinski definition) is 2. The molecular weight excluding hydrogens is 352 g/mol. The van der Waals surface area contributed by atoms with Crippen molar-refractivity contribution in [1.82, 2.24) is 20.0 Å². The van der Waals surface area contributed by atoms with Crippen molar-refractivity contribution in [3.8, 4) is 22.4 Å². The molecule has 3 N–H and O–H groups in total. The summed E-state index contributed by atoms with van der Waals surface area (Å²) in [6.07, 6.45) is 1.77. The maximum atomic E-state index is 12.1. The van der Waals surface area contributed by atoms with Gasteiger partial charge in [-0.3, -0.25) is 9.48 Å². The maximum Gasteiger partial charge on any atom is 0.272 e. The summed E-state index contributed by atoms with van der Waals surface area (Å²) in [6, 6.07) is 11.3. The third-order valence-corrected chi connectivity index (χ3v) is 4.84. The Morgan fingerprint density at radius 1 is 1.18 bits per heavy atom. The SMILES string of the molecule is [C-]#[N+]c1ccc(C)cc1-c1c(-c2ccc3c(=O)[nH]nc(CN)c3c2)cnn1C. The molecule has 0 bridgehead atoms. The van der Waals surface area contributed by atoms with Crippen molar-refractivity contribution < 1.29 is 0 Å². The lowest BCUT2D eigenvalue weighted by molar-refractivity contribution is 0.776. The molecule has 0 atom stereocenters. The van der Waals surface area contributed by atoms with Gasteiger partial charge in [-0.1, -0.05) is 29.8 Å². The van der Waals surface area contributed by atoms with E-state index in [0.29, 0.717) is 22.2 Å². The monoisotopic (exact) mass is 370 g/mol. The van der Waals surface area contributed by atoms with Gasteiger partial charge in [-0.2, -0.15) is 10.2 Å². The first-order valence-electron chi connectivity index (χ1n) is 8.75. The van der Waals surface area contributed by atoms with E-state index in [2.05, 4.69) is 20.1 Å². The van der Waals surface area contributed by atoms with E-state index in [-0.39, 0.29) is 12.1 Å². The van der Waals surface area contributed by atoms with Crippen molar-refractivity contribution in [1.29, 1.82) is 0 Å². The molecule has 0 aliphatic rings. The summed E-state index contributed by atoms with van der Waals surface area (Å²) < 4.78 is 1.77. The van der Waals surface area contributed by atoms with Crippen LogP contribution in [0.3, 0.4) is 0 Å². The zero-order valence-electron chi connectivity index (χ0n) is 15.5. The number of aryl methyl sites for hydroxylation is 2. The van der Waals surface area contributed by atoms with E-state index in [1.807, 2.05) is 44.3 Å². The molecule has 138 valence electrons. The second-order valence-corrected chi connectivity index (χ2v) is 6.63. The molecule has 0 aliphatic carbocycles. The van der Waals surface area contributed by atoms with E-state index in [1.54, 1.807) is 16.9 Å². The highest BCUT2D eigenvalue weighted by Gasteiger charge is 2.17. The molecule has 0 amide bonds. The summed E-state index contributed by atoms with van der Waals surface area (Å²) in [5.41, 5.74) is 11.2. The van der Waals surface area contributed by atoms with E-state index in [1.165, 1.54) is 0 Å². The predicted molar refractivity (Wildman–Crippen MR) is 109 cm³/mol. The average molecular weight is 370 g/mol. The fourth-order valence-corrected chi connectivity index (χ4v) is 3.45. The van der Waals surface area contributed by atoms with Gasteiger partial charge in [-0.05, 0) is 24.6 Å². The van der Waals surface area contributed by atoms with E-state index in [0.717, 1.165) is 27.9 Å². The first kappa shape index (κ1) is 17.6. The molecule has 7 nitrogen and oxygen atoms in total. The summed E-state index contributed by atoms with van der Waals surface area (Å²) in [6.45, 7) is 9.74.